The summed E-state index contributed by atoms with van der Waals surface area (Å²) in [5, 5.41) is 11.4. The lowest BCUT2D eigenvalue weighted by molar-refractivity contribution is -0.0855. The number of aromatic nitrogens is 1. The van der Waals surface area contributed by atoms with Crippen molar-refractivity contribution in [3.8, 4) is 5.75 Å². The third kappa shape index (κ3) is 2.95. The monoisotopic (exact) mass is 337 g/mol. The molecule has 0 radical (unpaired) electrons. The second kappa shape index (κ2) is 5.68. The summed E-state index contributed by atoms with van der Waals surface area (Å²) in [6, 6.07) is 7.85. The summed E-state index contributed by atoms with van der Waals surface area (Å²) >= 11 is 3.47. The maximum atomic E-state index is 10.4. The third-order valence-electron chi connectivity index (χ3n) is 3.57. The molecule has 3 rings (SSSR count). The Labute approximate surface area is 125 Å². The van der Waals surface area contributed by atoms with Crippen LogP contribution >= 0.6 is 15.9 Å². The van der Waals surface area contributed by atoms with E-state index in [2.05, 4.69) is 20.9 Å². The molecule has 0 bridgehead atoms. The molecule has 5 heteroatoms. The van der Waals surface area contributed by atoms with Crippen molar-refractivity contribution in [2.45, 2.75) is 18.4 Å². The van der Waals surface area contributed by atoms with Gasteiger partial charge in [-0.3, -0.25) is 4.98 Å². The maximum Gasteiger partial charge on any atom is 0.138 e. The average molecular weight is 338 g/mol. The highest BCUT2D eigenvalue weighted by Gasteiger charge is 2.30. The zero-order chi connectivity index (χ0) is 14.0. The molecular formula is C15H16BrNO3. The van der Waals surface area contributed by atoms with Gasteiger partial charge in [-0.15, -0.1) is 0 Å². The zero-order valence-electron chi connectivity index (χ0n) is 11.0. The van der Waals surface area contributed by atoms with Gasteiger partial charge in [0.05, 0.1) is 11.7 Å². The van der Waals surface area contributed by atoms with E-state index in [-0.39, 0.29) is 6.61 Å². The fraction of sp³-hybridized carbons (Fsp3) is 0.400. The predicted molar refractivity (Wildman–Crippen MR) is 79.9 cm³/mol. The van der Waals surface area contributed by atoms with Gasteiger partial charge in [0.1, 0.15) is 18.0 Å². The van der Waals surface area contributed by atoms with Gasteiger partial charge in [0.25, 0.3) is 0 Å². The van der Waals surface area contributed by atoms with Gasteiger partial charge < -0.3 is 14.6 Å². The highest BCUT2D eigenvalue weighted by Crippen LogP contribution is 2.26. The Hall–Kier alpha value is -1.17. The first-order chi connectivity index (χ1) is 9.66. The Balaban J connectivity index is 1.74. The molecule has 0 atom stereocenters. The fourth-order valence-electron chi connectivity index (χ4n) is 2.30. The van der Waals surface area contributed by atoms with Crippen molar-refractivity contribution < 1.29 is 14.6 Å². The number of pyridine rings is 1. The first-order valence-electron chi connectivity index (χ1n) is 6.64. The third-order valence-corrected chi connectivity index (χ3v) is 4.21. The molecule has 1 aromatic heterocycles. The molecule has 1 N–H and O–H groups in total. The molecule has 4 nitrogen and oxygen atoms in total. The molecule has 1 aromatic carbocycles. The summed E-state index contributed by atoms with van der Waals surface area (Å²) in [6.45, 7) is 1.45. The van der Waals surface area contributed by atoms with Crippen LogP contribution in [0.4, 0.5) is 0 Å². The minimum absolute atomic E-state index is 0.275. The van der Waals surface area contributed by atoms with Crippen LogP contribution in [-0.4, -0.2) is 35.5 Å². The molecule has 1 saturated heterocycles. The molecule has 0 amide bonds. The normalized spacial score (nSPS) is 18.1. The molecule has 20 heavy (non-hydrogen) atoms. The van der Waals surface area contributed by atoms with Gasteiger partial charge in [0.15, 0.2) is 0 Å². The molecule has 106 valence electrons. The van der Waals surface area contributed by atoms with Crippen molar-refractivity contribution in [3.63, 3.8) is 0 Å². The Morgan fingerprint density at radius 3 is 2.95 bits per heavy atom. The number of benzene rings is 1. The first-order valence-corrected chi connectivity index (χ1v) is 7.43. The van der Waals surface area contributed by atoms with E-state index >= 15 is 0 Å². The van der Waals surface area contributed by atoms with Crippen molar-refractivity contribution >= 4 is 26.8 Å². The van der Waals surface area contributed by atoms with Crippen molar-refractivity contribution in [1.82, 2.24) is 4.98 Å². The standard InChI is InChI=1S/C15H16BrNO3/c16-13-3-1-2-11-8-12(9-17-14(11)13)20-10-15(18)4-6-19-7-5-15/h1-3,8-9,18H,4-7,10H2. The van der Waals surface area contributed by atoms with Crippen LogP contribution in [0.3, 0.4) is 0 Å². The van der Waals surface area contributed by atoms with E-state index in [0.29, 0.717) is 31.8 Å². The summed E-state index contributed by atoms with van der Waals surface area (Å²) in [5.74, 6) is 0.676. The van der Waals surface area contributed by atoms with Crippen LogP contribution < -0.4 is 4.74 Å². The van der Waals surface area contributed by atoms with E-state index in [4.69, 9.17) is 9.47 Å². The molecule has 0 spiro atoms. The van der Waals surface area contributed by atoms with Gasteiger partial charge in [-0.25, -0.2) is 0 Å². The molecule has 0 saturated carbocycles. The van der Waals surface area contributed by atoms with Crippen molar-refractivity contribution in [2.75, 3.05) is 19.8 Å². The largest absolute Gasteiger partial charge is 0.489 e. The fourth-order valence-corrected chi connectivity index (χ4v) is 2.78. The van der Waals surface area contributed by atoms with Crippen molar-refractivity contribution in [1.29, 1.82) is 0 Å². The number of ether oxygens (including phenoxy) is 2. The van der Waals surface area contributed by atoms with Crippen LogP contribution in [0.25, 0.3) is 10.9 Å². The topological polar surface area (TPSA) is 51.6 Å². The minimum atomic E-state index is -0.787. The Morgan fingerprint density at radius 1 is 1.35 bits per heavy atom. The molecule has 2 heterocycles. The van der Waals surface area contributed by atoms with Crippen LogP contribution in [0.15, 0.2) is 34.9 Å². The Bertz CT molecular complexity index is 611. The predicted octanol–water partition coefficient (Wildman–Crippen LogP) is 2.92. The van der Waals surface area contributed by atoms with Crippen LogP contribution in [0.5, 0.6) is 5.75 Å². The molecule has 2 aromatic rings. The van der Waals surface area contributed by atoms with E-state index in [0.717, 1.165) is 15.4 Å². The van der Waals surface area contributed by atoms with E-state index in [1.165, 1.54) is 0 Å². The quantitative estimate of drug-likeness (QED) is 0.935. The molecule has 1 aliphatic rings. The lowest BCUT2D eigenvalue weighted by atomic mass is 9.96. The summed E-state index contributed by atoms with van der Waals surface area (Å²) < 4.78 is 11.9. The Kier molecular flexibility index (Phi) is 3.92. The lowest BCUT2D eigenvalue weighted by Crippen LogP contribution is -2.41. The second-order valence-corrected chi connectivity index (χ2v) is 5.96. The highest BCUT2D eigenvalue weighted by molar-refractivity contribution is 9.10. The van der Waals surface area contributed by atoms with Gasteiger partial charge >= 0.3 is 0 Å². The van der Waals surface area contributed by atoms with E-state index in [9.17, 15) is 5.11 Å². The van der Waals surface area contributed by atoms with Crippen LogP contribution in [0.1, 0.15) is 12.8 Å². The van der Waals surface area contributed by atoms with Crippen LogP contribution in [0.2, 0.25) is 0 Å². The van der Waals surface area contributed by atoms with Gasteiger partial charge in [0.2, 0.25) is 0 Å². The molecule has 0 aliphatic carbocycles. The van der Waals surface area contributed by atoms with Crippen LogP contribution in [-0.2, 0) is 4.74 Å². The lowest BCUT2D eigenvalue weighted by Gasteiger charge is -2.31. The Morgan fingerprint density at radius 2 is 2.15 bits per heavy atom. The maximum absolute atomic E-state index is 10.4. The van der Waals surface area contributed by atoms with Gasteiger partial charge in [-0.05, 0) is 28.1 Å². The minimum Gasteiger partial charge on any atom is -0.489 e. The number of hydrogen-bond acceptors (Lipinski definition) is 4. The smallest absolute Gasteiger partial charge is 0.138 e. The van der Waals surface area contributed by atoms with Crippen LogP contribution in [0, 0.1) is 0 Å². The summed E-state index contributed by atoms with van der Waals surface area (Å²) in [7, 11) is 0. The van der Waals surface area contributed by atoms with Crippen molar-refractivity contribution in [3.05, 3.63) is 34.9 Å². The SMILES string of the molecule is OC1(COc2cnc3c(Br)cccc3c2)CCOCC1. The molecular weight excluding hydrogens is 322 g/mol. The number of hydrogen-bond donors (Lipinski definition) is 1. The number of halogens is 1. The number of nitrogens with zero attached hydrogens (tertiary/aromatic N) is 1. The summed E-state index contributed by atoms with van der Waals surface area (Å²) in [6.07, 6.45) is 2.91. The van der Waals surface area contributed by atoms with Gasteiger partial charge in [0, 0.05) is 35.9 Å². The van der Waals surface area contributed by atoms with Gasteiger partial charge in [-0.1, -0.05) is 12.1 Å². The highest BCUT2D eigenvalue weighted by atomic mass is 79.9. The molecule has 0 unspecified atom stereocenters. The summed E-state index contributed by atoms with van der Waals surface area (Å²) in [5.41, 5.74) is 0.120. The number of rotatable bonds is 3. The number of fused-ring (bicyclic) bond motifs is 1. The zero-order valence-corrected chi connectivity index (χ0v) is 12.6. The summed E-state index contributed by atoms with van der Waals surface area (Å²) in [4.78, 5) is 4.39. The van der Waals surface area contributed by atoms with E-state index < -0.39 is 5.60 Å². The average Bonchev–Trinajstić information content (AvgIpc) is 2.46. The number of para-hydroxylation sites is 1. The number of aliphatic hydroxyl groups is 1. The molecule has 1 aliphatic heterocycles. The second-order valence-electron chi connectivity index (χ2n) is 5.11. The van der Waals surface area contributed by atoms with E-state index in [1.807, 2.05) is 24.3 Å². The van der Waals surface area contributed by atoms with Crippen molar-refractivity contribution in [2.24, 2.45) is 0 Å². The molecule has 1 fully saturated rings. The first kappa shape index (κ1) is 13.8. The van der Waals surface area contributed by atoms with Gasteiger partial charge in [-0.2, -0.15) is 0 Å². The van der Waals surface area contributed by atoms with E-state index in [1.54, 1.807) is 6.20 Å².